The molecule has 0 amide bonds. The van der Waals surface area contributed by atoms with Crippen molar-refractivity contribution in [1.82, 2.24) is 5.32 Å². The summed E-state index contributed by atoms with van der Waals surface area (Å²) < 4.78 is 0. The highest BCUT2D eigenvalue weighted by Gasteiger charge is 2.30. The van der Waals surface area contributed by atoms with Crippen molar-refractivity contribution in [2.24, 2.45) is 0 Å². The van der Waals surface area contributed by atoms with Gasteiger partial charge in [-0.25, -0.2) is 0 Å². The molecule has 0 saturated carbocycles. The summed E-state index contributed by atoms with van der Waals surface area (Å²) in [6.07, 6.45) is 12.6. The van der Waals surface area contributed by atoms with Gasteiger partial charge >= 0.3 is 0 Å². The minimum Gasteiger partial charge on any atom is -0.311 e. The van der Waals surface area contributed by atoms with E-state index in [1.54, 1.807) is 0 Å². The van der Waals surface area contributed by atoms with Crippen LogP contribution in [0.15, 0.2) is 0 Å². The molecular formula is C13H27N. The third kappa shape index (κ3) is 3.61. The van der Waals surface area contributed by atoms with Crippen LogP contribution < -0.4 is 5.32 Å². The lowest BCUT2D eigenvalue weighted by Gasteiger charge is -2.28. The molecule has 1 fully saturated rings. The van der Waals surface area contributed by atoms with Gasteiger partial charge in [0.2, 0.25) is 0 Å². The van der Waals surface area contributed by atoms with E-state index in [-0.39, 0.29) is 0 Å². The van der Waals surface area contributed by atoms with E-state index in [1.807, 2.05) is 0 Å². The fraction of sp³-hybridized carbons (Fsp3) is 1.00. The van der Waals surface area contributed by atoms with Crippen molar-refractivity contribution in [3.05, 3.63) is 0 Å². The Hall–Kier alpha value is -0.0400. The summed E-state index contributed by atoms with van der Waals surface area (Å²) in [6, 6.07) is 0. The van der Waals surface area contributed by atoms with Crippen LogP contribution in [0.2, 0.25) is 0 Å². The molecular weight excluding hydrogens is 170 g/mol. The maximum Gasteiger partial charge on any atom is 0.0179 e. The Bertz CT molecular complexity index is 136. The van der Waals surface area contributed by atoms with E-state index in [4.69, 9.17) is 0 Å². The molecule has 0 radical (unpaired) electrons. The van der Waals surface area contributed by atoms with Gasteiger partial charge in [0.15, 0.2) is 0 Å². The van der Waals surface area contributed by atoms with E-state index in [1.165, 1.54) is 64.3 Å². The second-order valence-electron chi connectivity index (χ2n) is 4.83. The molecule has 0 bridgehead atoms. The first-order valence-corrected chi connectivity index (χ1v) is 6.58. The first kappa shape index (κ1) is 12.0. The maximum atomic E-state index is 3.71. The zero-order valence-corrected chi connectivity index (χ0v) is 10.1. The molecule has 1 unspecified atom stereocenters. The molecule has 0 aromatic rings. The van der Waals surface area contributed by atoms with E-state index in [9.17, 15) is 0 Å². The summed E-state index contributed by atoms with van der Waals surface area (Å²) in [6.45, 7) is 5.87. The smallest absolute Gasteiger partial charge is 0.0179 e. The van der Waals surface area contributed by atoms with Crippen molar-refractivity contribution in [2.45, 2.75) is 77.2 Å². The fourth-order valence-corrected chi connectivity index (χ4v) is 2.63. The van der Waals surface area contributed by atoms with E-state index >= 15 is 0 Å². The normalized spacial score (nSPS) is 27.0. The van der Waals surface area contributed by atoms with E-state index in [0.29, 0.717) is 5.54 Å². The van der Waals surface area contributed by atoms with Crippen LogP contribution in [0.1, 0.15) is 71.6 Å². The zero-order valence-electron chi connectivity index (χ0n) is 10.1. The summed E-state index contributed by atoms with van der Waals surface area (Å²) in [5.41, 5.74) is 0.534. The topological polar surface area (TPSA) is 12.0 Å². The molecule has 1 heterocycles. The lowest BCUT2D eigenvalue weighted by molar-refractivity contribution is 0.322. The molecule has 1 heteroatoms. The molecule has 1 nitrogen and oxygen atoms in total. The Morgan fingerprint density at radius 1 is 1.07 bits per heavy atom. The molecule has 0 aromatic heterocycles. The standard InChI is InChI=1S/C13H27N/c1-3-5-6-7-8-10-13(4-2)11-9-12-14-13/h14H,3-12H2,1-2H3. The minimum absolute atomic E-state index is 0.534. The summed E-state index contributed by atoms with van der Waals surface area (Å²) >= 11 is 0. The quantitative estimate of drug-likeness (QED) is 0.611. The second kappa shape index (κ2) is 6.44. The van der Waals surface area contributed by atoms with Gasteiger partial charge < -0.3 is 5.32 Å². The van der Waals surface area contributed by atoms with Gasteiger partial charge in [-0.3, -0.25) is 0 Å². The largest absolute Gasteiger partial charge is 0.311 e. The molecule has 1 aliphatic rings. The van der Waals surface area contributed by atoms with E-state index in [0.717, 1.165) is 0 Å². The predicted molar refractivity (Wildman–Crippen MR) is 63.6 cm³/mol. The number of unbranched alkanes of at least 4 members (excludes halogenated alkanes) is 4. The van der Waals surface area contributed by atoms with Gasteiger partial charge in [0.05, 0.1) is 0 Å². The van der Waals surface area contributed by atoms with Gasteiger partial charge in [-0.05, 0) is 32.2 Å². The highest BCUT2D eigenvalue weighted by atomic mass is 15.0. The maximum absolute atomic E-state index is 3.71. The van der Waals surface area contributed by atoms with Crippen molar-refractivity contribution in [2.75, 3.05) is 6.54 Å². The molecule has 1 atom stereocenters. The Morgan fingerprint density at radius 3 is 2.43 bits per heavy atom. The van der Waals surface area contributed by atoms with Crippen LogP contribution in [0.3, 0.4) is 0 Å². The van der Waals surface area contributed by atoms with Crippen molar-refractivity contribution in [1.29, 1.82) is 0 Å². The lowest BCUT2D eigenvalue weighted by Crippen LogP contribution is -2.38. The summed E-state index contributed by atoms with van der Waals surface area (Å²) in [4.78, 5) is 0. The summed E-state index contributed by atoms with van der Waals surface area (Å²) in [5, 5.41) is 3.71. The van der Waals surface area contributed by atoms with Crippen LogP contribution in [0.4, 0.5) is 0 Å². The molecule has 1 saturated heterocycles. The zero-order chi connectivity index (χ0) is 10.3. The number of hydrogen-bond acceptors (Lipinski definition) is 1. The van der Waals surface area contributed by atoms with Crippen molar-refractivity contribution >= 4 is 0 Å². The molecule has 0 spiro atoms. The second-order valence-corrected chi connectivity index (χ2v) is 4.83. The Labute approximate surface area is 89.7 Å². The Balaban J connectivity index is 2.08. The van der Waals surface area contributed by atoms with Crippen molar-refractivity contribution in [3.8, 4) is 0 Å². The molecule has 0 aromatic carbocycles. The Kier molecular flexibility index (Phi) is 5.54. The average Bonchev–Trinajstić information content (AvgIpc) is 2.67. The number of rotatable bonds is 7. The van der Waals surface area contributed by atoms with Crippen LogP contribution in [0.5, 0.6) is 0 Å². The number of nitrogens with one attached hydrogen (secondary N) is 1. The van der Waals surface area contributed by atoms with Crippen LogP contribution in [0.25, 0.3) is 0 Å². The van der Waals surface area contributed by atoms with Gasteiger partial charge in [-0.15, -0.1) is 0 Å². The SMILES string of the molecule is CCCCCCCC1(CC)CCCN1. The van der Waals surface area contributed by atoms with Crippen LogP contribution in [-0.4, -0.2) is 12.1 Å². The third-order valence-electron chi connectivity index (χ3n) is 3.77. The summed E-state index contributed by atoms with van der Waals surface area (Å²) in [7, 11) is 0. The van der Waals surface area contributed by atoms with Crippen LogP contribution >= 0.6 is 0 Å². The third-order valence-corrected chi connectivity index (χ3v) is 3.77. The monoisotopic (exact) mass is 197 g/mol. The van der Waals surface area contributed by atoms with Crippen LogP contribution in [-0.2, 0) is 0 Å². The van der Waals surface area contributed by atoms with Gasteiger partial charge in [0.1, 0.15) is 0 Å². The lowest BCUT2D eigenvalue weighted by atomic mass is 9.88. The molecule has 1 N–H and O–H groups in total. The van der Waals surface area contributed by atoms with Crippen LogP contribution in [0, 0.1) is 0 Å². The first-order valence-electron chi connectivity index (χ1n) is 6.58. The van der Waals surface area contributed by atoms with E-state index in [2.05, 4.69) is 19.2 Å². The Morgan fingerprint density at radius 2 is 1.86 bits per heavy atom. The van der Waals surface area contributed by atoms with Gasteiger partial charge in [-0.1, -0.05) is 46.0 Å². The van der Waals surface area contributed by atoms with Crippen molar-refractivity contribution in [3.63, 3.8) is 0 Å². The van der Waals surface area contributed by atoms with Gasteiger partial charge in [0, 0.05) is 5.54 Å². The molecule has 84 valence electrons. The fourth-order valence-electron chi connectivity index (χ4n) is 2.63. The minimum atomic E-state index is 0.534. The van der Waals surface area contributed by atoms with E-state index < -0.39 is 0 Å². The highest BCUT2D eigenvalue weighted by Crippen LogP contribution is 2.28. The van der Waals surface area contributed by atoms with Crippen molar-refractivity contribution < 1.29 is 0 Å². The summed E-state index contributed by atoms with van der Waals surface area (Å²) in [5.74, 6) is 0. The van der Waals surface area contributed by atoms with Gasteiger partial charge in [-0.2, -0.15) is 0 Å². The molecule has 0 aliphatic carbocycles. The first-order chi connectivity index (χ1) is 6.83. The number of hydrogen-bond donors (Lipinski definition) is 1. The molecule has 1 aliphatic heterocycles. The molecule has 1 rings (SSSR count). The molecule has 14 heavy (non-hydrogen) atoms. The predicted octanol–water partition coefficient (Wildman–Crippen LogP) is 3.88. The average molecular weight is 197 g/mol. The van der Waals surface area contributed by atoms with Gasteiger partial charge in [0.25, 0.3) is 0 Å². The highest BCUT2D eigenvalue weighted by molar-refractivity contribution is 4.91.